The number of pyridine rings is 1. The lowest BCUT2D eigenvalue weighted by atomic mass is 9.58. The average molecular weight is 245 g/mol. The standard InChI is InChI=1S/C16H23NO/c1-14(2)13-4-7-15(3,11-13)16(14,18)10-12-5-8-17-9-6-12/h5-6,8-9,13,18H,4,7,10-11H2,1-3H3. The maximum absolute atomic E-state index is 11.4. The summed E-state index contributed by atoms with van der Waals surface area (Å²) in [7, 11) is 0. The summed E-state index contributed by atoms with van der Waals surface area (Å²) in [4.78, 5) is 4.06. The fraction of sp³-hybridized carbons (Fsp3) is 0.688. The fourth-order valence-corrected chi connectivity index (χ4v) is 4.59. The Labute approximate surface area is 109 Å². The van der Waals surface area contributed by atoms with E-state index in [9.17, 15) is 5.11 Å². The summed E-state index contributed by atoms with van der Waals surface area (Å²) < 4.78 is 0. The Kier molecular flexibility index (Phi) is 2.41. The van der Waals surface area contributed by atoms with Crippen LogP contribution >= 0.6 is 0 Å². The van der Waals surface area contributed by atoms with Crippen molar-refractivity contribution >= 4 is 0 Å². The molecule has 1 aromatic heterocycles. The van der Waals surface area contributed by atoms with Gasteiger partial charge in [0.25, 0.3) is 0 Å². The number of fused-ring (bicyclic) bond motifs is 2. The predicted molar refractivity (Wildman–Crippen MR) is 72.1 cm³/mol. The Bertz CT molecular complexity index is 449. The summed E-state index contributed by atoms with van der Waals surface area (Å²) in [6, 6.07) is 4.06. The molecule has 3 atom stereocenters. The summed E-state index contributed by atoms with van der Waals surface area (Å²) in [6.07, 6.45) is 8.03. The van der Waals surface area contributed by atoms with Crippen LogP contribution in [0, 0.1) is 16.7 Å². The maximum Gasteiger partial charge on any atom is 0.0794 e. The third kappa shape index (κ3) is 1.36. The first kappa shape index (κ1) is 12.2. The van der Waals surface area contributed by atoms with Gasteiger partial charge in [-0.25, -0.2) is 0 Å². The zero-order valence-electron chi connectivity index (χ0n) is 11.6. The lowest BCUT2D eigenvalue weighted by Crippen LogP contribution is -2.55. The molecule has 3 unspecified atom stereocenters. The molecular weight excluding hydrogens is 222 g/mol. The quantitative estimate of drug-likeness (QED) is 0.868. The fourth-order valence-electron chi connectivity index (χ4n) is 4.59. The van der Waals surface area contributed by atoms with E-state index in [4.69, 9.17) is 0 Å². The van der Waals surface area contributed by atoms with Crippen molar-refractivity contribution in [1.82, 2.24) is 4.98 Å². The van der Waals surface area contributed by atoms with Gasteiger partial charge in [0, 0.05) is 18.8 Å². The van der Waals surface area contributed by atoms with E-state index in [2.05, 4.69) is 25.8 Å². The first-order valence-corrected chi connectivity index (χ1v) is 7.00. The second-order valence-corrected chi connectivity index (χ2v) is 7.11. The van der Waals surface area contributed by atoms with Gasteiger partial charge in [-0.2, -0.15) is 0 Å². The van der Waals surface area contributed by atoms with Gasteiger partial charge in [-0.1, -0.05) is 20.8 Å². The van der Waals surface area contributed by atoms with Gasteiger partial charge in [-0.05, 0) is 53.7 Å². The highest BCUT2D eigenvalue weighted by atomic mass is 16.3. The van der Waals surface area contributed by atoms with Crippen molar-refractivity contribution in [1.29, 1.82) is 0 Å². The van der Waals surface area contributed by atoms with E-state index in [0.717, 1.165) is 6.42 Å². The molecule has 2 aliphatic carbocycles. The molecule has 2 bridgehead atoms. The summed E-state index contributed by atoms with van der Waals surface area (Å²) in [5.74, 6) is 0.675. The van der Waals surface area contributed by atoms with Crippen LogP contribution in [0.15, 0.2) is 24.5 Å². The van der Waals surface area contributed by atoms with Crippen molar-refractivity contribution in [3.8, 4) is 0 Å². The molecule has 2 heteroatoms. The Hall–Kier alpha value is -0.890. The largest absolute Gasteiger partial charge is 0.388 e. The van der Waals surface area contributed by atoms with Gasteiger partial charge < -0.3 is 5.11 Å². The van der Waals surface area contributed by atoms with E-state index in [1.807, 2.05) is 24.5 Å². The molecule has 0 aliphatic heterocycles. The lowest BCUT2D eigenvalue weighted by Gasteiger charge is -2.51. The monoisotopic (exact) mass is 245 g/mol. The number of rotatable bonds is 2. The SMILES string of the molecule is CC12CCC(C1)C(C)(C)C2(O)Cc1ccncc1. The summed E-state index contributed by atoms with van der Waals surface area (Å²) in [5, 5.41) is 11.4. The van der Waals surface area contributed by atoms with Crippen molar-refractivity contribution < 1.29 is 5.11 Å². The zero-order valence-corrected chi connectivity index (χ0v) is 11.6. The minimum absolute atomic E-state index is 0.0171. The van der Waals surface area contributed by atoms with Gasteiger partial charge >= 0.3 is 0 Å². The lowest BCUT2D eigenvalue weighted by molar-refractivity contribution is -0.141. The molecule has 2 aliphatic rings. The molecule has 2 nitrogen and oxygen atoms in total. The molecular formula is C16H23NO. The van der Waals surface area contributed by atoms with Gasteiger partial charge in [-0.3, -0.25) is 4.98 Å². The Morgan fingerprint density at radius 2 is 1.94 bits per heavy atom. The number of aliphatic hydroxyl groups is 1. The van der Waals surface area contributed by atoms with E-state index >= 15 is 0 Å². The highest BCUT2D eigenvalue weighted by molar-refractivity contribution is 5.24. The van der Waals surface area contributed by atoms with Crippen LogP contribution in [0.1, 0.15) is 45.6 Å². The van der Waals surface area contributed by atoms with Gasteiger partial charge in [0.1, 0.15) is 0 Å². The normalized spacial score (nSPS) is 41.2. The number of hydrogen-bond donors (Lipinski definition) is 1. The molecule has 18 heavy (non-hydrogen) atoms. The third-order valence-corrected chi connectivity index (χ3v) is 6.04. The first-order valence-electron chi connectivity index (χ1n) is 7.00. The molecule has 2 saturated carbocycles. The van der Waals surface area contributed by atoms with E-state index in [0.29, 0.717) is 5.92 Å². The molecule has 2 fully saturated rings. The Morgan fingerprint density at radius 3 is 2.50 bits per heavy atom. The highest BCUT2D eigenvalue weighted by Gasteiger charge is 2.67. The second kappa shape index (κ2) is 3.57. The van der Waals surface area contributed by atoms with Crippen LogP contribution in [0.4, 0.5) is 0 Å². The number of aromatic nitrogens is 1. The Morgan fingerprint density at radius 1 is 1.28 bits per heavy atom. The van der Waals surface area contributed by atoms with Crippen LogP contribution in [0.3, 0.4) is 0 Å². The number of hydrogen-bond acceptors (Lipinski definition) is 2. The van der Waals surface area contributed by atoms with Crippen molar-refractivity contribution in [2.75, 3.05) is 0 Å². The third-order valence-electron chi connectivity index (χ3n) is 6.04. The topological polar surface area (TPSA) is 33.1 Å². The predicted octanol–water partition coefficient (Wildman–Crippen LogP) is 3.20. The summed E-state index contributed by atoms with van der Waals surface area (Å²) in [6.45, 7) is 6.79. The second-order valence-electron chi connectivity index (χ2n) is 7.11. The molecule has 0 amide bonds. The summed E-state index contributed by atoms with van der Waals surface area (Å²) >= 11 is 0. The van der Waals surface area contributed by atoms with Crippen LogP contribution in [0.25, 0.3) is 0 Å². The van der Waals surface area contributed by atoms with Gasteiger partial charge in [0.05, 0.1) is 5.60 Å². The van der Waals surface area contributed by atoms with Crippen LogP contribution < -0.4 is 0 Å². The smallest absolute Gasteiger partial charge is 0.0794 e. The molecule has 3 rings (SSSR count). The van der Waals surface area contributed by atoms with Crippen LogP contribution in [0.2, 0.25) is 0 Å². The minimum atomic E-state index is -0.579. The van der Waals surface area contributed by atoms with Crippen LogP contribution in [0.5, 0.6) is 0 Å². The van der Waals surface area contributed by atoms with Crippen LogP contribution in [-0.2, 0) is 6.42 Å². The van der Waals surface area contributed by atoms with Gasteiger partial charge in [-0.15, -0.1) is 0 Å². The van der Waals surface area contributed by atoms with Crippen LogP contribution in [-0.4, -0.2) is 15.7 Å². The first-order chi connectivity index (χ1) is 8.39. The number of nitrogens with zero attached hydrogens (tertiary/aromatic N) is 1. The molecule has 0 aromatic carbocycles. The van der Waals surface area contributed by atoms with Gasteiger partial charge in [0.15, 0.2) is 0 Å². The molecule has 1 aromatic rings. The average Bonchev–Trinajstić information content (AvgIpc) is 2.79. The van der Waals surface area contributed by atoms with E-state index in [1.165, 1.54) is 24.8 Å². The van der Waals surface area contributed by atoms with Crippen molar-refractivity contribution in [2.24, 2.45) is 16.7 Å². The molecule has 1 heterocycles. The molecule has 98 valence electrons. The maximum atomic E-state index is 11.4. The molecule has 0 saturated heterocycles. The van der Waals surface area contributed by atoms with E-state index in [-0.39, 0.29) is 10.8 Å². The molecule has 1 N–H and O–H groups in total. The highest BCUT2D eigenvalue weighted by Crippen LogP contribution is 2.68. The minimum Gasteiger partial charge on any atom is -0.388 e. The summed E-state index contributed by atoms with van der Waals surface area (Å²) in [5.41, 5.74) is 0.729. The van der Waals surface area contributed by atoms with Crippen molar-refractivity contribution in [3.63, 3.8) is 0 Å². The molecule has 0 radical (unpaired) electrons. The molecule has 0 spiro atoms. The van der Waals surface area contributed by atoms with Crippen molar-refractivity contribution in [2.45, 2.75) is 52.1 Å². The van der Waals surface area contributed by atoms with E-state index < -0.39 is 5.60 Å². The Balaban J connectivity index is 1.98. The van der Waals surface area contributed by atoms with E-state index in [1.54, 1.807) is 0 Å². The van der Waals surface area contributed by atoms with Gasteiger partial charge in [0.2, 0.25) is 0 Å². The zero-order chi connectivity index (χ0) is 13.0. The van der Waals surface area contributed by atoms with Crippen molar-refractivity contribution in [3.05, 3.63) is 30.1 Å².